The summed E-state index contributed by atoms with van der Waals surface area (Å²) >= 11 is 1.18. The number of fused-ring (bicyclic) bond motifs is 1. The predicted molar refractivity (Wildman–Crippen MR) is 96.9 cm³/mol. The third kappa shape index (κ3) is 4.46. The third-order valence-electron chi connectivity index (χ3n) is 3.80. The van der Waals surface area contributed by atoms with Crippen molar-refractivity contribution in [3.05, 3.63) is 27.6 Å². The molecular weight excluding hydrogens is 356 g/mol. The molecule has 0 spiro atoms. The van der Waals surface area contributed by atoms with Crippen molar-refractivity contribution in [3.8, 4) is 6.07 Å². The lowest BCUT2D eigenvalue weighted by Gasteiger charge is -2.16. The first-order valence-corrected chi connectivity index (χ1v) is 9.12. The van der Waals surface area contributed by atoms with Crippen molar-refractivity contribution in [3.63, 3.8) is 0 Å². The van der Waals surface area contributed by atoms with Gasteiger partial charge in [0.25, 0.3) is 5.56 Å². The van der Waals surface area contributed by atoms with Gasteiger partial charge in [0.2, 0.25) is 5.91 Å². The van der Waals surface area contributed by atoms with Crippen LogP contribution in [0.15, 0.2) is 16.5 Å². The molecule has 0 radical (unpaired) electrons. The molecule has 138 valence electrons. The van der Waals surface area contributed by atoms with E-state index in [0.29, 0.717) is 11.4 Å². The maximum absolute atomic E-state index is 12.7. The standard InChI is InChI=1S/C17H20N4O4S/c1-3-4-8-25-17(24)12-10-26-15-14(12)16(23)21(11-19-15)9-13(22)20(2)7-5-6-18/h10-11H,3-5,7-9H2,1-2H3. The molecule has 2 heterocycles. The third-order valence-corrected chi connectivity index (χ3v) is 4.69. The highest BCUT2D eigenvalue weighted by atomic mass is 32.1. The minimum absolute atomic E-state index is 0.173. The number of hydrogen-bond donors (Lipinski definition) is 0. The first-order chi connectivity index (χ1) is 12.5. The van der Waals surface area contributed by atoms with Crippen LogP contribution in [0.2, 0.25) is 0 Å². The van der Waals surface area contributed by atoms with E-state index >= 15 is 0 Å². The molecule has 9 heteroatoms. The summed E-state index contributed by atoms with van der Waals surface area (Å²) < 4.78 is 6.35. The number of thiophene rings is 1. The van der Waals surface area contributed by atoms with Gasteiger partial charge in [0, 0.05) is 19.0 Å². The molecule has 8 nitrogen and oxygen atoms in total. The second-order valence-corrected chi connectivity index (χ2v) is 6.58. The second kappa shape index (κ2) is 9.10. The molecule has 0 fully saturated rings. The van der Waals surface area contributed by atoms with E-state index in [9.17, 15) is 14.4 Å². The van der Waals surface area contributed by atoms with Gasteiger partial charge in [-0.1, -0.05) is 13.3 Å². The average molecular weight is 376 g/mol. The van der Waals surface area contributed by atoms with Gasteiger partial charge in [0.15, 0.2) is 0 Å². The minimum Gasteiger partial charge on any atom is -0.462 e. The van der Waals surface area contributed by atoms with Gasteiger partial charge in [0.1, 0.15) is 11.4 Å². The fourth-order valence-corrected chi connectivity index (χ4v) is 3.09. The molecule has 26 heavy (non-hydrogen) atoms. The topological polar surface area (TPSA) is 105 Å². The number of nitriles is 1. The van der Waals surface area contributed by atoms with Crippen LogP contribution in [0, 0.1) is 11.3 Å². The van der Waals surface area contributed by atoms with Crippen LogP contribution in [0.4, 0.5) is 0 Å². The number of carbonyl (C=O) groups is 2. The van der Waals surface area contributed by atoms with Crippen LogP contribution in [0.25, 0.3) is 10.2 Å². The zero-order valence-corrected chi connectivity index (χ0v) is 15.5. The van der Waals surface area contributed by atoms with Gasteiger partial charge in [0.05, 0.1) is 36.4 Å². The van der Waals surface area contributed by atoms with Crippen molar-refractivity contribution in [2.24, 2.45) is 0 Å². The normalized spacial score (nSPS) is 10.5. The maximum Gasteiger partial charge on any atom is 0.339 e. The van der Waals surface area contributed by atoms with Crippen molar-refractivity contribution in [2.45, 2.75) is 32.7 Å². The van der Waals surface area contributed by atoms with Gasteiger partial charge in [-0.05, 0) is 6.42 Å². The van der Waals surface area contributed by atoms with E-state index in [1.807, 2.05) is 13.0 Å². The Balaban J connectivity index is 2.25. The summed E-state index contributed by atoms with van der Waals surface area (Å²) in [5, 5.41) is 10.3. The van der Waals surface area contributed by atoms with E-state index in [-0.39, 0.29) is 36.4 Å². The molecule has 0 saturated heterocycles. The van der Waals surface area contributed by atoms with Crippen LogP contribution in [0.3, 0.4) is 0 Å². The van der Waals surface area contributed by atoms with Crippen molar-refractivity contribution in [2.75, 3.05) is 20.2 Å². The van der Waals surface area contributed by atoms with Crippen molar-refractivity contribution in [1.29, 1.82) is 5.26 Å². The molecule has 2 rings (SSSR count). The number of hydrogen-bond acceptors (Lipinski definition) is 7. The number of ether oxygens (including phenoxy) is 1. The molecule has 0 atom stereocenters. The Morgan fingerprint density at radius 3 is 2.92 bits per heavy atom. The van der Waals surface area contributed by atoms with Crippen LogP contribution < -0.4 is 5.56 Å². The van der Waals surface area contributed by atoms with Gasteiger partial charge in [-0.2, -0.15) is 5.26 Å². The number of carbonyl (C=O) groups excluding carboxylic acids is 2. The van der Waals surface area contributed by atoms with Gasteiger partial charge >= 0.3 is 5.97 Å². The number of unbranched alkanes of at least 4 members (excludes halogenated alkanes) is 1. The van der Waals surface area contributed by atoms with E-state index in [1.54, 1.807) is 12.4 Å². The van der Waals surface area contributed by atoms with Gasteiger partial charge in [-0.3, -0.25) is 14.2 Å². The van der Waals surface area contributed by atoms with Crippen molar-refractivity contribution >= 4 is 33.4 Å². The molecule has 0 saturated carbocycles. The molecule has 0 aliphatic heterocycles. The summed E-state index contributed by atoms with van der Waals surface area (Å²) in [5.74, 6) is -0.871. The lowest BCUT2D eigenvalue weighted by Crippen LogP contribution is -2.34. The highest BCUT2D eigenvalue weighted by Gasteiger charge is 2.20. The van der Waals surface area contributed by atoms with Gasteiger partial charge in [-0.15, -0.1) is 11.3 Å². The molecule has 0 aliphatic rings. The average Bonchev–Trinajstić information content (AvgIpc) is 3.07. The van der Waals surface area contributed by atoms with Crippen LogP contribution in [0.5, 0.6) is 0 Å². The molecule has 0 N–H and O–H groups in total. The molecule has 0 aromatic carbocycles. The summed E-state index contributed by atoms with van der Waals surface area (Å²) in [6.07, 6.45) is 3.16. The lowest BCUT2D eigenvalue weighted by atomic mass is 10.2. The minimum atomic E-state index is -0.557. The largest absolute Gasteiger partial charge is 0.462 e. The molecule has 1 amide bonds. The number of esters is 1. The quantitative estimate of drug-likeness (QED) is 0.514. The van der Waals surface area contributed by atoms with Crippen LogP contribution in [-0.2, 0) is 16.1 Å². The smallest absolute Gasteiger partial charge is 0.339 e. The summed E-state index contributed by atoms with van der Waals surface area (Å²) in [6, 6.07) is 1.97. The zero-order valence-electron chi connectivity index (χ0n) is 14.7. The molecule has 0 bridgehead atoms. The Morgan fingerprint density at radius 1 is 1.46 bits per heavy atom. The van der Waals surface area contributed by atoms with E-state index < -0.39 is 11.5 Å². The number of nitrogens with zero attached hydrogens (tertiary/aromatic N) is 4. The van der Waals surface area contributed by atoms with Crippen molar-refractivity contribution < 1.29 is 14.3 Å². The Bertz CT molecular complexity index is 896. The fourth-order valence-electron chi connectivity index (χ4n) is 2.23. The predicted octanol–water partition coefficient (Wildman–Crippen LogP) is 1.79. The van der Waals surface area contributed by atoms with Crippen LogP contribution in [0.1, 0.15) is 36.5 Å². The highest BCUT2D eigenvalue weighted by Crippen LogP contribution is 2.21. The highest BCUT2D eigenvalue weighted by molar-refractivity contribution is 7.17. The van der Waals surface area contributed by atoms with E-state index in [4.69, 9.17) is 10.00 Å². The second-order valence-electron chi connectivity index (χ2n) is 5.72. The van der Waals surface area contributed by atoms with Crippen LogP contribution >= 0.6 is 11.3 Å². The van der Waals surface area contributed by atoms with E-state index in [2.05, 4.69) is 4.98 Å². The Kier molecular flexibility index (Phi) is 6.86. The fraction of sp³-hybridized carbons (Fsp3) is 0.471. The number of amides is 1. The number of rotatable bonds is 8. The number of aromatic nitrogens is 2. The Labute approximate surface area is 154 Å². The molecule has 0 aliphatic carbocycles. The number of likely N-dealkylation sites (N-methyl/N-ethyl adjacent to an activating group) is 1. The Morgan fingerprint density at radius 2 is 2.23 bits per heavy atom. The SMILES string of the molecule is CCCCOC(=O)c1csc2ncn(CC(=O)N(C)CCC#N)c(=O)c12. The molecular formula is C17H20N4O4S. The van der Waals surface area contributed by atoms with E-state index in [1.165, 1.54) is 27.1 Å². The monoisotopic (exact) mass is 376 g/mol. The molecule has 2 aromatic rings. The summed E-state index contributed by atoms with van der Waals surface area (Å²) in [7, 11) is 1.57. The summed E-state index contributed by atoms with van der Waals surface area (Å²) in [5.41, 5.74) is -0.279. The maximum atomic E-state index is 12.7. The zero-order chi connectivity index (χ0) is 19.1. The Hall–Kier alpha value is -2.73. The molecule has 0 unspecified atom stereocenters. The first-order valence-electron chi connectivity index (χ1n) is 8.24. The van der Waals surface area contributed by atoms with Gasteiger partial charge < -0.3 is 9.64 Å². The summed E-state index contributed by atoms with van der Waals surface area (Å²) in [4.78, 5) is 43.1. The molecule has 2 aromatic heterocycles. The summed E-state index contributed by atoms with van der Waals surface area (Å²) in [6.45, 7) is 2.36. The lowest BCUT2D eigenvalue weighted by molar-refractivity contribution is -0.130. The van der Waals surface area contributed by atoms with Crippen LogP contribution in [-0.4, -0.2) is 46.5 Å². The van der Waals surface area contributed by atoms with Crippen molar-refractivity contribution in [1.82, 2.24) is 14.5 Å². The van der Waals surface area contributed by atoms with E-state index in [0.717, 1.165) is 12.8 Å². The van der Waals surface area contributed by atoms with Gasteiger partial charge in [-0.25, -0.2) is 9.78 Å². The first kappa shape index (κ1) is 19.6.